The van der Waals surface area contributed by atoms with Gasteiger partial charge in [-0.3, -0.25) is 9.78 Å². The standard InChI is InChI=1S/C14H10BrF3N2O/c15-11-3-1-2-9(6-11)7-20-13(21)12-5-4-10(8-19-12)14(16,17)18/h1-6,8H,7H2,(H,20,21). The van der Waals surface area contributed by atoms with Crippen LogP contribution < -0.4 is 5.32 Å². The summed E-state index contributed by atoms with van der Waals surface area (Å²) in [5.41, 5.74) is -0.0753. The van der Waals surface area contributed by atoms with Crippen molar-refractivity contribution in [2.75, 3.05) is 0 Å². The first-order chi connectivity index (χ1) is 9.86. The van der Waals surface area contributed by atoms with Gasteiger partial charge in [-0.25, -0.2) is 0 Å². The van der Waals surface area contributed by atoms with Crippen molar-refractivity contribution >= 4 is 21.8 Å². The molecule has 110 valence electrons. The molecule has 0 saturated heterocycles. The molecular formula is C14H10BrF3N2O. The highest BCUT2D eigenvalue weighted by Crippen LogP contribution is 2.28. The second kappa shape index (κ2) is 6.26. The van der Waals surface area contributed by atoms with Gasteiger partial charge >= 0.3 is 6.18 Å². The van der Waals surface area contributed by atoms with E-state index >= 15 is 0 Å². The van der Waals surface area contributed by atoms with E-state index in [9.17, 15) is 18.0 Å². The number of nitrogens with zero attached hydrogens (tertiary/aromatic N) is 1. The summed E-state index contributed by atoms with van der Waals surface area (Å²) in [6, 6.07) is 9.22. The SMILES string of the molecule is O=C(NCc1cccc(Br)c1)c1ccc(C(F)(F)F)cn1. The van der Waals surface area contributed by atoms with Crippen molar-refractivity contribution in [2.24, 2.45) is 0 Å². The van der Waals surface area contributed by atoms with Crippen LogP contribution in [-0.4, -0.2) is 10.9 Å². The maximum absolute atomic E-state index is 12.4. The van der Waals surface area contributed by atoms with Gasteiger partial charge in [-0.15, -0.1) is 0 Å². The monoisotopic (exact) mass is 358 g/mol. The Hall–Kier alpha value is -1.89. The summed E-state index contributed by atoms with van der Waals surface area (Å²) in [6.45, 7) is 0.265. The van der Waals surface area contributed by atoms with Crippen molar-refractivity contribution in [3.63, 3.8) is 0 Å². The van der Waals surface area contributed by atoms with Crippen LogP contribution in [0.5, 0.6) is 0 Å². The number of hydrogen-bond donors (Lipinski definition) is 1. The van der Waals surface area contributed by atoms with Crippen molar-refractivity contribution in [3.8, 4) is 0 Å². The van der Waals surface area contributed by atoms with Crippen LogP contribution in [0.1, 0.15) is 21.6 Å². The predicted octanol–water partition coefficient (Wildman–Crippen LogP) is 3.79. The average molecular weight is 359 g/mol. The third-order valence-electron chi connectivity index (χ3n) is 2.67. The van der Waals surface area contributed by atoms with Gasteiger partial charge < -0.3 is 5.32 Å². The Morgan fingerprint density at radius 3 is 2.57 bits per heavy atom. The Morgan fingerprint density at radius 2 is 2.00 bits per heavy atom. The third kappa shape index (κ3) is 4.29. The van der Waals surface area contributed by atoms with E-state index in [1.165, 1.54) is 0 Å². The average Bonchev–Trinajstić information content (AvgIpc) is 2.44. The van der Waals surface area contributed by atoms with Crippen molar-refractivity contribution in [1.82, 2.24) is 10.3 Å². The summed E-state index contributed by atoms with van der Waals surface area (Å²) in [5, 5.41) is 2.60. The van der Waals surface area contributed by atoms with E-state index in [-0.39, 0.29) is 12.2 Å². The predicted molar refractivity (Wildman–Crippen MR) is 74.6 cm³/mol. The quantitative estimate of drug-likeness (QED) is 0.906. The lowest BCUT2D eigenvalue weighted by Crippen LogP contribution is -2.24. The molecule has 0 aliphatic heterocycles. The second-order valence-corrected chi connectivity index (χ2v) is 5.16. The van der Waals surface area contributed by atoms with Crippen LogP contribution in [0.2, 0.25) is 0 Å². The molecule has 0 radical (unpaired) electrons. The van der Waals surface area contributed by atoms with E-state index in [2.05, 4.69) is 26.2 Å². The first-order valence-corrected chi connectivity index (χ1v) is 6.71. The van der Waals surface area contributed by atoms with Gasteiger partial charge in [-0.05, 0) is 29.8 Å². The number of pyridine rings is 1. The highest BCUT2D eigenvalue weighted by atomic mass is 79.9. The first kappa shape index (κ1) is 15.5. The van der Waals surface area contributed by atoms with Gasteiger partial charge in [0.15, 0.2) is 0 Å². The Morgan fingerprint density at radius 1 is 1.24 bits per heavy atom. The molecule has 2 rings (SSSR count). The smallest absolute Gasteiger partial charge is 0.347 e. The lowest BCUT2D eigenvalue weighted by Gasteiger charge is -2.08. The summed E-state index contributed by atoms with van der Waals surface area (Å²) in [7, 11) is 0. The van der Waals surface area contributed by atoms with Gasteiger partial charge in [0.05, 0.1) is 5.56 Å². The zero-order valence-corrected chi connectivity index (χ0v) is 12.2. The van der Waals surface area contributed by atoms with Crippen LogP contribution in [0.3, 0.4) is 0 Å². The Bertz CT molecular complexity index is 641. The van der Waals surface area contributed by atoms with Crippen LogP contribution in [0, 0.1) is 0 Å². The molecule has 0 fully saturated rings. The number of halogens is 4. The summed E-state index contributed by atoms with van der Waals surface area (Å²) < 4.78 is 38.0. The summed E-state index contributed by atoms with van der Waals surface area (Å²) >= 11 is 3.31. The molecule has 21 heavy (non-hydrogen) atoms. The molecule has 1 heterocycles. The molecule has 0 atom stereocenters. The molecule has 3 nitrogen and oxygen atoms in total. The van der Waals surface area contributed by atoms with Gasteiger partial charge in [-0.2, -0.15) is 13.2 Å². The molecule has 1 amide bonds. The number of benzene rings is 1. The Kier molecular flexibility index (Phi) is 4.62. The molecule has 0 bridgehead atoms. The van der Waals surface area contributed by atoms with E-state index in [1.54, 1.807) is 0 Å². The topological polar surface area (TPSA) is 42.0 Å². The summed E-state index contributed by atoms with van der Waals surface area (Å²) in [5.74, 6) is -0.524. The Balaban J connectivity index is 2.00. The lowest BCUT2D eigenvalue weighted by atomic mass is 10.2. The zero-order valence-electron chi connectivity index (χ0n) is 10.6. The van der Waals surface area contributed by atoms with Crippen LogP contribution >= 0.6 is 15.9 Å². The highest BCUT2D eigenvalue weighted by molar-refractivity contribution is 9.10. The molecule has 1 aromatic carbocycles. The van der Waals surface area contributed by atoms with Crippen molar-refractivity contribution in [2.45, 2.75) is 12.7 Å². The Labute approximate surface area is 127 Å². The number of amides is 1. The lowest BCUT2D eigenvalue weighted by molar-refractivity contribution is -0.137. The van der Waals surface area contributed by atoms with E-state index < -0.39 is 17.6 Å². The van der Waals surface area contributed by atoms with Gasteiger partial charge in [0.2, 0.25) is 0 Å². The van der Waals surface area contributed by atoms with Gasteiger partial charge in [-0.1, -0.05) is 28.1 Å². The summed E-state index contributed by atoms with van der Waals surface area (Å²) in [4.78, 5) is 15.3. The first-order valence-electron chi connectivity index (χ1n) is 5.92. The number of carbonyl (C=O) groups is 1. The number of alkyl halides is 3. The third-order valence-corrected chi connectivity index (χ3v) is 3.16. The largest absolute Gasteiger partial charge is 0.417 e. The number of hydrogen-bond acceptors (Lipinski definition) is 2. The maximum atomic E-state index is 12.4. The maximum Gasteiger partial charge on any atom is 0.417 e. The van der Waals surface area contributed by atoms with Crippen molar-refractivity contribution < 1.29 is 18.0 Å². The molecule has 0 aliphatic rings. The minimum atomic E-state index is -4.46. The fourth-order valence-corrected chi connectivity index (χ4v) is 2.06. The molecular weight excluding hydrogens is 349 g/mol. The van der Waals surface area contributed by atoms with Crippen molar-refractivity contribution in [1.29, 1.82) is 0 Å². The second-order valence-electron chi connectivity index (χ2n) is 4.24. The minimum absolute atomic E-state index is 0.0574. The van der Waals surface area contributed by atoms with E-state index in [0.717, 1.165) is 22.2 Å². The van der Waals surface area contributed by atoms with E-state index in [4.69, 9.17) is 0 Å². The molecule has 0 unspecified atom stereocenters. The van der Waals surface area contributed by atoms with Crippen LogP contribution in [0.25, 0.3) is 0 Å². The zero-order chi connectivity index (χ0) is 15.5. The molecule has 7 heteroatoms. The molecule has 1 N–H and O–H groups in total. The fourth-order valence-electron chi connectivity index (χ4n) is 1.62. The normalized spacial score (nSPS) is 11.2. The molecule has 0 saturated carbocycles. The van der Waals surface area contributed by atoms with E-state index in [0.29, 0.717) is 6.20 Å². The summed E-state index contributed by atoms with van der Waals surface area (Å²) in [6.07, 6.45) is -3.81. The number of aromatic nitrogens is 1. The van der Waals surface area contributed by atoms with Gasteiger partial charge in [0.25, 0.3) is 5.91 Å². The van der Waals surface area contributed by atoms with Crippen LogP contribution in [0.15, 0.2) is 47.1 Å². The molecule has 1 aromatic heterocycles. The van der Waals surface area contributed by atoms with E-state index in [1.807, 2.05) is 24.3 Å². The van der Waals surface area contributed by atoms with Crippen LogP contribution in [0.4, 0.5) is 13.2 Å². The number of carbonyl (C=O) groups excluding carboxylic acids is 1. The van der Waals surface area contributed by atoms with Gasteiger partial charge in [0.1, 0.15) is 5.69 Å². The molecule has 2 aromatic rings. The number of nitrogens with one attached hydrogen (secondary N) is 1. The highest BCUT2D eigenvalue weighted by Gasteiger charge is 2.30. The van der Waals surface area contributed by atoms with Crippen LogP contribution in [-0.2, 0) is 12.7 Å². The van der Waals surface area contributed by atoms with Crippen molar-refractivity contribution in [3.05, 3.63) is 63.9 Å². The van der Waals surface area contributed by atoms with Gasteiger partial charge in [0, 0.05) is 17.2 Å². The molecule has 0 spiro atoms. The number of rotatable bonds is 3. The minimum Gasteiger partial charge on any atom is -0.347 e. The molecule has 0 aliphatic carbocycles. The fraction of sp³-hybridized carbons (Fsp3) is 0.143.